The van der Waals surface area contributed by atoms with Crippen LogP contribution in [0.5, 0.6) is 0 Å². The lowest BCUT2D eigenvalue weighted by molar-refractivity contribution is 1.09. The van der Waals surface area contributed by atoms with Crippen molar-refractivity contribution in [2.75, 3.05) is 0 Å². The number of hydrogen-bond donors (Lipinski definition) is 0. The molecule has 0 aromatic carbocycles. The third-order valence-corrected chi connectivity index (χ3v) is 1.31. The molecule has 0 radical (unpaired) electrons. The lowest BCUT2D eigenvalue weighted by Crippen LogP contribution is -1.37. The van der Waals surface area contributed by atoms with Gasteiger partial charge in [0.1, 0.15) is 0 Å². The largest absolute Gasteiger partial charge is 0.0808 e. The molecule has 0 nitrogen and oxygen atoms in total. The van der Waals surface area contributed by atoms with E-state index in [1.165, 1.54) is 12.8 Å². The average molecular weight is 281 g/mol. The van der Waals surface area contributed by atoms with Crippen LogP contribution >= 0.6 is 0 Å². The predicted molar refractivity (Wildman–Crippen MR) is 100 cm³/mol. The van der Waals surface area contributed by atoms with Crippen molar-refractivity contribution in [3.05, 3.63) is 48.6 Å². The predicted octanol–water partition coefficient (Wildman–Crippen LogP) is 7.89. The molecular formula is C20H40. The van der Waals surface area contributed by atoms with Crippen molar-refractivity contribution in [3.63, 3.8) is 0 Å². The van der Waals surface area contributed by atoms with Crippen molar-refractivity contribution in [1.82, 2.24) is 0 Å². The highest BCUT2D eigenvalue weighted by Gasteiger charge is 1.72. The molecule has 0 bridgehead atoms. The summed E-state index contributed by atoms with van der Waals surface area (Å²) in [6.45, 7) is 16.5. The Labute approximate surface area is 130 Å². The van der Waals surface area contributed by atoms with Gasteiger partial charge >= 0.3 is 0 Å². The van der Waals surface area contributed by atoms with Gasteiger partial charge in [-0.2, -0.15) is 0 Å². The SMILES string of the molecule is C1=CCC=C1.C1=CCC=C1.CC.CC.CCC.CCC. The van der Waals surface area contributed by atoms with Gasteiger partial charge in [0, 0.05) is 0 Å². The monoisotopic (exact) mass is 280 g/mol. The van der Waals surface area contributed by atoms with Crippen LogP contribution in [0.25, 0.3) is 0 Å². The van der Waals surface area contributed by atoms with Crippen LogP contribution in [0.1, 0.15) is 81.1 Å². The number of rotatable bonds is 0. The van der Waals surface area contributed by atoms with Gasteiger partial charge in [-0.05, 0) is 12.8 Å². The van der Waals surface area contributed by atoms with Crippen LogP contribution in [0.15, 0.2) is 48.6 Å². The third-order valence-electron chi connectivity index (χ3n) is 1.31. The van der Waals surface area contributed by atoms with Crippen LogP contribution in [0.3, 0.4) is 0 Å². The summed E-state index contributed by atoms with van der Waals surface area (Å²) in [5.74, 6) is 0. The molecule has 0 spiro atoms. The second-order valence-electron chi connectivity index (χ2n) is 3.60. The molecule has 0 aromatic heterocycles. The lowest BCUT2D eigenvalue weighted by Gasteiger charge is -1.57. The molecule has 2 aliphatic rings. The van der Waals surface area contributed by atoms with E-state index in [1.807, 2.05) is 27.7 Å². The molecule has 0 heterocycles. The molecule has 2 rings (SSSR count). The van der Waals surface area contributed by atoms with E-state index in [-0.39, 0.29) is 0 Å². The minimum atomic E-state index is 1.14. The first-order valence-electron chi connectivity index (χ1n) is 8.46. The van der Waals surface area contributed by atoms with E-state index >= 15 is 0 Å². The molecule has 20 heavy (non-hydrogen) atoms. The standard InChI is InChI=1S/2C5H6.2C3H8.2C2H6/c2*1-2-4-5-3-1;2*1-3-2;2*1-2/h2*1-4H,5H2;2*3H2,1-2H3;2*1-2H3. The fourth-order valence-electron chi connectivity index (χ4n) is 0.786. The normalized spacial score (nSPS) is 11.2. The smallest absolute Gasteiger partial charge is 0.0163 e. The summed E-state index contributed by atoms with van der Waals surface area (Å²) in [5.41, 5.74) is 0. The van der Waals surface area contributed by atoms with E-state index in [0.29, 0.717) is 0 Å². The number of hydrogen-bond acceptors (Lipinski definition) is 0. The molecule has 0 amide bonds. The van der Waals surface area contributed by atoms with Crippen molar-refractivity contribution < 1.29 is 0 Å². The van der Waals surface area contributed by atoms with Gasteiger partial charge < -0.3 is 0 Å². The molecule has 0 saturated heterocycles. The molecule has 120 valence electrons. The molecule has 0 atom stereocenters. The molecule has 2 aliphatic carbocycles. The average Bonchev–Trinajstić information content (AvgIpc) is 3.23. The Kier molecular flexibility index (Phi) is 58.8. The van der Waals surface area contributed by atoms with E-state index in [1.54, 1.807) is 0 Å². The topological polar surface area (TPSA) is 0 Å². The molecule has 0 saturated carbocycles. The number of allylic oxidation sites excluding steroid dienone is 8. The van der Waals surface area contributed by atoms with Gasteiger partial charge in [-0.25, -0.2) is 0 Å². The fraction of sp³-hybridized carbons (Fsp3) is 0.600. The minimum Gasteiger partial charge on any atom is -0.0808 e. The van der Waals surface area contributed by atoms with Gasteiger partial charge in [0.15, 0.2) is 0 Å². The minimum absolute atomic E-state index is 1.14. The van der Waals surface area contributed by atoms with Gasteiger partial charge in [-0.3, -0.25) is 0 Å². The first-order chi connectivity index (χ1) is 9.83. The maximum Gasteiger partial charge on any atom is -0.0163 e. The summed E-state index contributed by atoms with van der Waals surface area (Å²) in [7, 11) is 0. The van der Waals surface area contributed by atoms with Crippen LogP contribution < -0.4 is 0 Å². The molecule has 0 unspecified atom stereocenters. The summed E-state index contributed by atoms with van der Waals surface area (Å²) in [6, 6.07) is 0. The zero-order valence-corrected chi connectivity index (χ0v) is 15.4. The Morgan fingerprint density at radius 2 is 0.650 bits per heavy atom. The van der Waals surface area contributed by atoms with Gasteiger partial charge in [0.2, 0.25) is 0 Å². The third kappa shape index (κ3) is 53.8. The highest BCUT2D eigenvalue weighted by Crippen LogP contribution is 1.93. The molecule has 0 N–H and O–H groups in total. The van der Waals surface area contributed by atoms with Gasteiger partial charge in [-0.15, -0.1) is 0 Å². The fourth-order valence-corrected chi connectivity index (χ4v) is 0.786. The van der Waals surface area contributed by atoms with Crippen LogP contribution in [0, 0.1) is 0 Å². The van der Waals surface area contributed by atoms with Gasteiger partial charge in [-0.1, -0.05) is 117 Å². The summed E-state index contributed by atoms with van der Waals surface area (Å²) in [4.78, 5) is 0. The second kappa shape index (κ2) is 43.0. The molecular weight excluding hydrogens is 240 g/mol. The zero-order valence-electron chi connectivity index (χ0n) is 15.4. The van der Waals surface area contributed by atoms with E-state index in [9.17, 15) is 0 Å². The first kappa shape index (κ1) is 27.3. The highest BCUT2D eigenvalue weighted by molar-refractivity contribution is 5.12. The molecule has 0 heteroatoms. The van der Waals surface area contributed by atoms with E-state index in [4.69, 9.17) is 0 Å². The summed E-state index contributed by atoms with van der Waals surface area (Å²) in [5, 5.41) is 0. The van der Waals surface area contributed by atoms with Gasteiger partial charge in [0.05, 0.1) is 0 Å². The first-order valence-corrected chi connectivity index (χ1v) is 8.46. The molecule has 0 fully saturated rings. The Hall–Kier alpha value is -1.04. The Morgan fingerprint density at radius 1 is 0.500 bits per heavy atom. The molecule has 0 aromatic rings. The van der Waals surface area contributed by atoms with Crippen molar-refractivity contribution in [2.24, 2.45) is 0 Å². The van der Waals surface area contributed by atoms with Gasteiger partial charge in [0.25, 0.3) is 0 Å². The lowest BCUT2D eigenvalue weighted by atomic mass is 10.5. The maximum absolute atomic E-state index is 2.12. The van der Waals surface area contributed by atoms with Crippen LogP contribution in [0.4, 0.5) is 0 Å². The van der Waals surface area contributed by atoms with E-state index in [0.717, 1.165) is 12.8 Å². The Bertz CT molecular complexity index is 160. The van der Waals surface area contributed by atoms with Crippen LogP contribution in [0.2, 0.25) is 0 Å². The van der Waals surface area contributed by atoms with Crippen LogP contribution in [-0.4, -0.2) is 0 Å². The summed E-state index contributed by atoms with van der Waals surface area (Å²) < 4.78 is 0. The van der Waals surface area contributed by atoms with Crippen molar-refractivity contribution in [3.8, 4) is 0 Å². The Balaban J connectivity index is -0.0000000810. The quantitative estimate of drug-likeness (QED) is 0.423. The molecule has 0 aliphatic heterocycles. The van der Waals surface area contributed by atoms with Crippen molar-refractivity contribution in [1.29, 1.82) is 0 Å². The summed E-state index contributed by atoms with van der Waals surface area (Å²) >= 11 is 0. The Morgan fingerprint density at radius 3 is 0.700 bits per heavy atom. The van der Waals surface area contributed by atoms with Crippen molar-refractivity contribution in [2.45, 2.75) is 81.1 Å². The second-order valence-corrected chi connectivity index (χ2v) is 3.60. The van der Waals surface area contributed by atoms with E-state index in [2.05, 4.69) is 76.3 Å². The maximum atomic E-state index is 2.12. The van der Waals surface area contributed by atoms with Crippen LogP contribution in [-0.2, 0) is 0 Å². The van der Waals surface area contributed by atoms with E-state index < -0.39 is 0 Å². The zero-order chi connectivity index (χ0) is 16.5. The highest BCUT2D eigenvalue weighted by atomic mass is 13.8. The summed E-state index contributed by atoms with van der Waals surface area (Å²) in [6.07, 6.45) is 21.5. The van der Waals surface area contributed by atoms with Crippen molar-refractivity contribution >= 4 is 0 Å².